The molecule has 2 heterocycles. The van der Waals surface area contributed by atoms with Gasteiger partial charge in [-0.25, -0.2) is 4.98 Å². The van der Waals surface area contributed by atoms with Crippen LogP contribution in [0.15, 0.2) is 6.07 Å². The Morgan fingerprint density at radius 3 is 2.40 bits per heavy atom. The van der Waals surface area contributed by atoms with Crippen molar-refractivity contribution in [3.63, 3.8) is 0 Å². The van der Waals surface area contributed by atoms with Crippen LogP contribution in [0.5, 0.6) is 11.8 Å². The Morgan fingerprint density at radius 2 is 1.80 bits per heavy atom. The molecule has 0 radical (unpaired) electrons. The Hall–Kier alpha value is -2.02. The average Bonchev–Trinajstić information content (AvgIpc) is 2.85. The van der Waals surface area contributed by atoms with Crippen LogP contribution in [0, 0.1) is 0 Å². The van der Waals surface area contributed by atoms with Crippen molar-refractivity contribution < 1.29 is 19.1 Å². The Kier molecular flexibility index (Phi) is 4.29. The summed E-state index contributed by atoms with van der Waals surface area (Å²) in [6.45, 7) is 1.47. The molecule has 2 aromatic rings. The van der Waals surface area contributed by atoms with Gasteiger partial charge in [0, 0.05) is 12.8 Å². The second kappa shape index (κ2) is 5.96. The fourth-order valence-corrected chi connectivity index (χ4v) is 2.58. The van der Waals surface area contributed by atoms with Crippen LogP contribution in [0.4, 0.5) is 0 Å². The largest absolute Gasteiger partial charge is 0.477 e. The normalized spacial score (nSPS) is 10.6. The van der Waals surface area contributed by atoms with Crippen molar-refractivity contribution in [2.75, 3.05) is 14.2 Å². The average molecular weight is 294 g/mol. The molecule has 6 nitrogen and oxygen atoms in total. The van der Waals surface area contributed by atoms with Crippen molar-refractivity contribution in [3.05, 3.63) is 10.9 Å². The van der Waals surface area contributed by atoms with Gasteiger partial charge in [-0.1, -0.05) is 0 Å². The molecule has 0 aliphatic carbocycles. The van der Waals surface area contributed by atoms with E-state index in [2.05, 4.69) is 9.97 Å². The van der Waals surface area contributed by atoms with E-state index in [4.69, 9.17) is 9.47 Å². The summed E-state index contributed by atoms with van der Waals surface area (Å²) in [4.78, 5) is 32.5. The fourth-order valence-electron chi connectivity index (χ4n) is 1.65. The van der Waals surface area contributed by atoms with Crippen molar-refractivity contribution in [1.29, 1.82) is 0 Å². The van der Waals surface area contributed by atoms with E-state index in [0.717, 1.165) is 0 Å². The molecule has 2 rings (SSSR count). The molecule has 20 heavy (non-hydrogen) atoms. The summed E-state index contributed by atoms with van der Waals surface area (Å²) in [6.07, 6.45) is 0.455. The molecule has 0 aromatic carbocycles. The van der Waals surface area contributed by atoms with Crippen LogP contribution in [0.25, 0.3) is 10.3 Å². The second-order valence-electron chi connectivity index (χ2n) is 4.17. The highest BCUT2D eigenvalue weighted by Crippen LogP contribution is 2.30. The van der Waals surface area contributed by atoms with Gasteiger partial charge in [0.25, 0.3) is 11.8 Å². The summed E-state index contributed by atoms with van der Waals surface area (Å²) in [5.41, 5.74) is 0.582. The number of rotatable bonds is 6. The Labute approximate surface area is 119 Å². The van der Waals surface area contributed by atoms with Gasteiger partial charge in [-0.15, -0.1) is 11.3 Å². The van der Waals surface area contributed by atoms with E-state index in [-0.39, 0.29) is 36.2 Å². The number of carbonyl (C=O) groups is 2. The SMILES string of the molecule is COc1nc2cc(C(=O)CCC(C)=O)sc2nc1OC. The van der Waals surface area contributed by atoms with E-state index in [9.17, 15) is 9.59 Å². The van der Waals surface area contributed by atoms with E-state index >= 15 is 0 Å². The predicted molar refractivity (Wildman–Crippen MR) is 74.8 cm³/mol. The molecule has 0 spiro atoms. The monoisotopic (exact) mass is 294 g/mol. The number of nitrogens with zero attached hydrogens (tertiary/aromatic N) is 2. The zero-order valence-electron chi connectivity index (χ0n) is 11.4. The number of thiophene rings is 1. The number of hydrogen-bond acceptors (Lipinski definition) is 7. The summed E-state index contributed by atoms with van der Waals surface area (Å²) >= 11 is 1.24. The third kappa shape index (κ3) is 2.93. The summed E-state index contributed by atoms with van der Waals surface area (Å²) in [5.74, 6) is 0.479. The highest BCUT2D eigenvalue weighted by atomic mass is 32.1. The zero-order valence-corrected chi connectivity index (χ0v) is 12.2. The number of aromatic nitrogens is 2. The molecular weight excluding hydrogens is 280 g/mol. The third-order valence-corrected chi connectivity index (χ3v) is 3.73. The van der Waals surface area contributed by atoms with Crippen LogP contribution in [-0.2, 0) is 4.79 Å². The summed E-state index contributed by atoms with van der Waals surface area (Å²) in [6, 6.07) is 1.66. The first kappa shape index (κ1) is 14.4. The molecule has 0 aliphatic heterocycles. The molecule has 2 aromatic heterocycles. The van der Waals surface area contributed by atoms with Crippen LogP contribution in [0.3, 0.4) is 0 Å². The topological polar surface area (TPSA) is 78.4 Å². The molecule has 7 heteroatoms. The molecule has 0 bridgehead atoms. The fraction of sp³-hybridized carbons (Fsp3) is 0.385. The molecule has 0 saturated heterocycles. The van der Waals surface area contributed by atoms with Crippen LogP contribution in [0.2, 0.25) is 0 Å². The van der Waals surface area contributed by atoms with E-state index < -0.39 is 0 Å². The van der Waals surface area contributed by atoms with Gasteiger partial charge in [0.2, 0.25) is 0 Å². The smallest absolute Gasteiger partial charge is 0.279 e. The Balaban J connectivity index is 2.33. The third-order valence-electron chi connectivity index (χ3n) is 2.67. The van der Waals surface area contributed by atoms with Gasteiger partial charge in [-0.3, -0.25) is 4.79 Å². The number of ketones is 2. The summed E-state index contributed by atoms with van der Waals surface area (Å²) in [7, 11) is 2.95. The van der Waals surface area contributed by atoms with Crippen molar-refractivity contribution in [2.45, 2.75) is 19.8 Å². The van der Waals surface area contributed by atoms with Crippen molar-refractivity contribution >= 4 is 33.3 Å². The van der Waals surface area contributed by atoms with Gasteiger partial charge in [0.15, 0.2) is 5.78 Å². The maximum atomic E-state index is 12.0. The molecule has 0 aliphatic rings. The number of hydrogen-bond donors (Lipinski definition) is 0. The minimum absolute atomic E-state index is 0.000880. The van der Waals surface area contributed by atoms with Gasteiger partial charge in [-0.2, -0.15) is 4.98 Å². The van der Waals surface area contributed by atoms with Crippen LogP contribution in [-0.4, -0.2) is 35.8 Å². The molecule has 0 fully saturated rings. The highest BCUT2D eigenvalue weighted by molar-refractivity contribution is 7.20. The van der Waals surface area contributed by atoms with Crippen molar-refractivity contribution in [2.24, 2.45) is 0 Å². The first-order valence-corrected chi connectivity index (χ1v) is 6.79. The molecule has 0 saturated carbocycles. The lowest BCUT2D eigenvalue weighted by atomic mass is 10.1. The van der Waals surface area contributed by atoms with Gasteiger partial charge < -0.3 is 14.3 Å². The minimum atomic E-state index is -0.0806. The lowest BCUT2D eigenvalue weighted by Crippen LogP contribution is -1.99. The van der Waals surface area contributed by atoms with Crippen molar-refractivity contribution in [3.8, 4) is 11.8 Å². The maximum absolute atomic E-state index is 12.0. The van der Waals surface area contributed by atoms with E-state index in [0.29, 0.717) is 15.2 Å². The number of carbonyl (C=O) groups excluding carboxylic acids is 2. The first-order valence-electron chi connectivity index (χ1n) is 5.97. The highest BCUT2D eigenvalue weighted by Gasteiger charge is 2.16. The van der Waals surface area contributed by atoms with Crippen LogP contribution in [0.1, 0.15) is 29.4 Å². The van der Waals surface area contributed by atoms with E-state index in [1.807, 2.05) is 0 Å². The quantitative estimate of drug-likeness (QED) is 0.760. The predicted octanol–water partition coefficient (Wildman–Crippen LogP) is 2.26. The molecule has 0 atom stereocenters. The first-order chi connectivity index (χ1) is 9.55. The minimum Gasteiger partial charge on any atom is -0.477 e. The van der Waals surface area contributed by atoms with Gasteiger partial charge >= 0.3 is 0 Å². The van der Waals surface area contributed by atoms with E-state index in [1.54, 1.807) is 6.07 Å². The molecule has 106 valence electrons. The molecular formula is C13H14N2O4S. The van der Waals surface area contributed by atoms with Gasteiger partial charge in [0.05, 0.1) is 19.1 Å². The van der Waals surface area contributed by atoms with E-state index in [1.165, 1.54) is 32.5 Å². The second-order valence-corrected chi connectivity index (χ2v) is 5.20. The summed E-state index contributed by atoms with van der Waals surface area (Å²) < 4.78 is 10.1. The number of Topliss-reactive ketones (excluding diaryl/α,β-unsaturated/α-hetero) is 2. The van der Waals surface area contributed by atoms with Crippen LogP contribution >= 0.6 is 11.3 Å². The zero-order chi connectivity index (χ0) is 14.7. The molecule has 0 unspecified atom stereocenters. The molecule has 0 N–H and O–H groups in total. The number of fused-ring (bicyclic) bond motifs is 1. The standard InChI is InChI=1S/C13H14N2O4S/c1-7(16)4-5-9(17)10-6-8-13(20-10)15-12(19-3)11(14-8)18-2/h6H,4-5H2,1-3H3. The van der Waals surface area contributed by atoms with Gasteiger partial charge in [0.1, 0.15) is 16.1 Å². The lowest BCUT2D eigenvalue weighted by molar-refractivity contribution is -0.116. The molecule has 0 amide bonds. The lowest BCUT2D eigenvalue weighted by Gasteiger charge is -2.03. The number of ether oxygens (including phenoxy) is 2. The Morgan fingerprint density at radius 1 is 1.15 bits per heavy atom. The number of methoxy groups -OCH3 is 2. The maximum Gasteiger partial charge on any atom is 0.279 e. The summed E-state index contributed by atoms with van der Waals surface area (Å²) in [5, 5.41) is 0. The van der Waals surface area contributed by atoms with Gasteiger partial charge in [-0.05, 0) is 13.0 Å². The van der Waals surface area contributed by atoms with Crippen molar-refractivity contribution in [1.82, 2.24) is 9.97 Å². The Bertz CT molecular complexity index is 625. The van der Waals surface area contributed by atoms with Crippen LogP contribution < -0.4 is 9.47 Å².